The van der Waals surface area contributed by atoms with Crippen molar-refractivity contribution in [2.75, 3.05) is 26.2 Å². The summed E-state index contributed by atoms with van der Waals surface area (Å²) in [6.07, 6.45) is 1.60. The molecule has 2 aromatic carbocycles. The first-order valence-corrected chi connectivity index (χ1v) is 21.9. The number of hydrogen-bond donors (Lipinski definition) is 3. The molecule has 0 aliphatic carbocycles. The lowest BCUT2D eigenvalue weighted by molar-refractivity contribution is -0.140. The molecule has 2 aromatic rings. The first-order chi connectivity index (χ1) is 30.1. The number of ether oxygens (including phenoxy) is 2. The monoisotopic (exact) mass is 884 g/mol. The Labute approximate surface area is 370 Å². The molecule has 4 fully saturated rings. The number of nitrogens with one attached hydrogen (secondary N) is 2. The molecule has 18 nitrogen and oxygen atoms in total. The second-order valence-corrected chi connectivity index (χ2v) is 19.1. The molecular formula is C46H56N6O12. The van der Waals surface area contributed by atoms with Crippen molar-refractivity contribution in [1.29, 1.82) is 0 Å². The highest BCUT2D eigenvalue weighted by molar-refractivity contribution is 6.23. The topological polar surface area (TPSA) is 229 Å². The summed E-state index contributed by atoms with van der Waals surface area (Å²) in [5, 5.41) is 15.3. The summed E-state index contributed by atoms with van der Waals surface area (Å²) in [5.74, 6) is -3.04. The number of likely N-dealkylation sites (tertiary alicyclic amines) is 2. The van der Waals surface area contributed by atoms with Crippen LogP contribution in [0.5, 0.6) is 0 Å². The molecule has 342 valence electrons. The summed E-state index contributed by atoms with van der Waals surface area (Å²) in [4.78, 5) is 116. The second kappa shape index (κ2) is 17.8. The number of carbonyl (C=O) groups excluding carboxylic acids is 9. The van der Waals surface area contributed by atoms with Gasteiger partial charge < -0.3 is 24.4 Å². The summed E-state index contributed by atoms with van der Waals surface area (Å²) in [6.45, 7) is 13.3. The van der Waals surface area contributed by atoms with Crippen LogP contribution in [0.3, 0.4) is 0 Å². The van der Waals surface area contributed by atoms with E-state index in [0.717, 1.165) is 41.7 Å². The van der Waals surface area contributed by atoms with Crippen molar-refractivity contribution in [3.05, 3.63) is 69.8 Å². The maximum Gasteiger partial charge on any atom is 0.410 e. The largest absolute Gasteiger partial charge is 0.444 e. The molecule has 6 aliphatic rings. The Morgan fingerprint density at radius 2 is 1.02 bits per heavy atom. The molecule has 0 aromatic heterocycles. The Morgan fingerprint density at radius 1 is 0.578 bits per heavy atom. The highest BCUT2D eigenvalue weighted by Gasteiger charge is 2.46. The van der Waals surface area contributed by atoms with E-state index in [0.29, 0.717) is 37.3 Å². The minimum Gasteiger partial charge on any atom is -0.444 e. The molecule has 0 radical (unpaired) electrons. The third kappa shape index (κ3) is 9.66. The third-order valence-electron chi connectivity index (χ3n) is 12.3. The fourth-order valence-electron chi connectivity index (χ4n) is 9.09. The van der Waals surface area contributed by atoms with E-state index in [1.165, 1.54) is 4.90 Å². The van der Waals surface area contributed by atoms with Crippen molar-refractivity contribution in [2.45, 2.75) is 134 Å². The number of carbonyl (C=O) groups is 9. The van der Waals surface area contributed by atoms with E-state index in [-0.39, 0.29) is 66.7 Å². The van der Waals surface area contributed by atoms with E-state index in [1.807, 2.05) is 59.7 Å². The number of rotatable bonds is 4. The SMILES string of the molecule is CC(C)(C)OC(=O)N1CCC(c2ccc3c(c2)C(=O)N(C2CCC(=O)NC2=O)C3=O)CC1.CC(C)(C)OC(=O)N1CCC(c2ccc3c(c2)C(O)N(C2CCC(=O)NC2=O)C3=O)CC1. The lowest BCUT2D eigenvalue weighted by atomic mass is 9.88. The summed E-state index contributed by atoms with van der Waals surface area (Å²) in [7, 11) is 0. The first-order valence-electron chi connectivity index (χ1n) is 21.9. The zero-order valence-electron chi connectivity index (χ0n) is 37.1. The number of piperidine rings is 4. The predicted octanol–water partition coefficient (Wildman–Crippen LogP) is 4.26. The van der Waals surface area contributed by atoms with Crippen LogP contribution in [0.2, 0.25) is 0 Å². The minimum absolute atomic E-state index is 0.0886. The Morgan fingerprint density at radius 3 is 1.48 bits per heavy atom. The van der Waals surface area contributed by atoms with Gasteiger partial charge in [-0.1, -0.05) is 18.2 Å². The molecule has 0 bridgehead atoms. The quantitative estimate of drug-likeness (QED) is 0.366. The van der Waals surface area contributed by atoms with Gasteiger partial charge in [0.2, 0.25) is 23.6 Å². The van der Waals surface area contributed by atoms with Gasteiger partial charge in [0.05, 0.1) is 11.1 Å². The number of amides is 9. The molecule has 6 aliphatic heterocycles. The molecule has 18 heteroatoms. The van der Waals surface area contributed by atoms with Crippen molar-refractivity contribution in [2.24, 2.45) is 0 Å². The molecule has 3 atom stereocenters. The fourth-order valence-corrected chi connectivity index (χ4v) is 9.09. The number of nitrogens with zero attached hydrogens (tertiary/aromatic N) is 4. The lowest BCUT2D eigenvalue weighted by Gasteiger charge is -2.34. The Kier molecular flexibility index (Phi) is 12.7. The van der Waals surface area contributed by atoms with Gasteiger partial charge in [-0.15, -0.1) is 0 Å². The highest BCUT2D eigenvalue weighted by Crippen LogP contribution is 2.39. The van der Waals surface area contributed by atoms with Crippen LogP contribution in [0.25, 0.3) is 0 Å². The number of fused-ring (bicyclic) bond motifs is 2. The van der Waals surface area contributed by atoms with E-state index in [2.05, 4.69) is 10.6 Å². The van der Waals surface area contributed by atoms with Crippen LogP contribution >= 0.6 is 0 Å². The summed E-state index contributed by atoms with van der Waals surface area (Å²) < 4.78 is 10.9. The van der Waals surface area contributed by atoms with Crippen LogP contribution in [0, 0.1) is 0 Å². The molecule has 6 heterocycles. The van der Waals surface area contributed by atoms with Crippen molar-refractivity contribution in [3.8, 4) is 0 Å². The highest BCUT2D eigenvalue weighted by atomic mass is 16.6. The number of hydrogen-bond acceptors (Lipinski definition) is 12. The van der Waals surface area contributed by atoms with Crippen LogP contribution in [0.15, 0.2) is 36.4 Å². The molecule has 8 rings (SSSR count). The number of benzene rings is 2. The number of aliphatic hydroxyl groups is 1. The molecule has 4 saturated heterocycles. The van der Waals surface area contributed by atoms with Crippen LogP contribution in [-0.4, -0.2) is 128 Å². The Hall–Kier alpha value is -6.17. The van der Waals surface area contributed by atoms with Crippen molar-refractivity contribution >= 4 is 53.5 Å². The van der Waals surface area contributed by atoms with Gasteiger partial charge in [-0.25, -0.2) is 9.59 Å². The summed E-state index contributed by atoms with van der Waals surface area (Å²) in [6, 6.07) is 8.77. The van der Waals surface area contributed by atoms with E-state index in [1.54, 1.807) is 28.0 Å². The van der Waals surface area contributed by atoms with Crippen molar-refractivity contribution in [1.82, 2.24) is 30.2 Å². The van der Waals surface area contributed by atoms with Crippen LogP contribution in [-0.2, 0) is 28.7 Å². The minimum atomic E-state index is -1.23. The van der Waals surface area contributed by atoms with Crippen LogP contribution < -0.4 is 10.6 Å². The molecule has 9 amide bonds. The number of imide groups is 3. The third-order valence-corrected chi connectivity index (χ3v) is 12.3. The van der Waals surface area contributed by atoms with Gasteiger partial charge in [-0.3, -0.25) is 54.0 Å². The van der Waals surface area contributed by atoms with E-state index in [9.17, 15) is 48.3 Å². The molecule has 0 spiro atoms. The van der Waals surface area contributed by atoms with Gasteiger partial charge in [0.1, 0.15) is 23.3 Å². The molecule has 3 unspecified atom stereocenters. The van der Waals surface area contributed by atoms with E-state index < -0.39 is 65.0 Å². The average Bonchev–Trinajstić information content (AvgIpc) is 3.62. The maximum atomic E-state index is 13.0. The normalized spacial score (nSPS) is 23.3. The number of aliphatic hydroxyl groups excluding tert-OH is 1. The summed E-state index contributed by atoms with van der Waals surface area (Å²) in [5.41, 5.74) is 2.24. The van der Waals surface area contributed by atoms with Gasteiger partial charge in [-0.05, 0) is 121 Å². The lowest BCUT2D eigenvalue weighted by Crippen LogP contribution is -2.54. The van der Waals surface area contributed by atoms with Gasteiger partial charge in [-0.2, -0.15) is 0 Å². The van der Waals surface area contributed by atoms with Crippen molar-refractivity contribution in [3.63, 3.8) is 0 Å². The summed E-state index contributed by atoms with van der Waals surface area (Å²) >= 11 is 0. The van der Waals surface area contributed by atoms with Gasteiger partial charge in [0.15, 0.2) is 6.23 Å². The maximum absolute atomic E-state index is 13.0. The first kappa shape index (κ1) is 45.8. The van der Waals surface area contributed by atoms with Crippen LogP contribution in [0.4, 0.5) is 9.59 Å². The van der Waals surface area contributed by atoms with Gasteiger partial charge in [0, 0.05) is 50.1 Å². The van der Waals surface area contributed by atoms with E-state index in [4.69, 9.17) is 9.47 Å². The smallest absolute Gasteiger partial charge is 0.410 e. The van der Waals surface area contributed by atoms with E-state index >= 15 is 0 Å². The molecule has 3 N–H and O–H groups in total. The van der Waals surface area contributed by atoms with Gasteiger partial charge in [0.25, 0.3) is 17.7 Å². The average molecular weight is 885 g/mol. The molecule has 0 saturated carbocycles. The zero-order chi connectivity index (χ0) is 46.4. The Balaban J connectivity index is 0.000000191. The van der Waals surface area contributed by atoms with Gasteiger partial charge >= 0.3 is 12.2 Å². The van der Waals surface area contributed by atoms with Crippen molar-refractivity contribution < 1.29 is 57.7 Å². The molecule has 64 heavy (non-hydrogen) atoms. The predicted molar refractivity (Wildman–Crippen MR) is 226 cm³/mol. The second-order valence-electron chi connectivity index (χ2n) is 19.1. The Bertz CT molecular complexity index is 2280. The van der Waals surface area contributed by atoms with Crippen LogP contribution in [0.1, 0.15) is 159 Å². The zero-order valence-corrected chi connectivity index (χ0v) is 37.1. The standard InChI is InChI=1S/C23H29N3O6.C23H27N3O6/c2*1-23(2,3)32-22(31)25-10-8-13(9-11-25)14-4-5-15-16(12-14)21(30)26(20(15)29)17-6-7-18(27)24-19(17)28/h4-5,12-13,17,21,30H,6-11H2,1-3H3,(H,24,27,28);4-5,12-13,17H,6-11H2,1-3H3,(H,24,27,28). The molecular weight excluding hydrogens is 829 g/mol. The fraction of sp³-hybridized carbons (Fsp3) is 0.543.